The van der Waals surface area contributed by atoms with Crippen molar-refractivity contribution >= 4 is 23.2 Å². The van der Waals surface area contributed by atoms with Gasteiger partial charge in [0, 0.05) is 24.6 Å². The quantitative estimate of drug-likeness (QED) is 0.575. The molecule has 1 amide bonds. The Morgan fingerprint density at radius 3 is 2.70 bits per heavy atom. The Kier molecular flexibility index (Phi) is 5.81. The number of ether oxygens (including phenoxy) is 2. The maximum atomic E-state index is 13.3. The molecule has 154 valence electrons. The molecule has 30 heavy (non-hydrogen) atoms. The van der Waals surface area contributed by atoms with E-state index in [-0.39, 0.29) is 18.3 Å². The summed E-state index contributed by atoms with van der Waals surface area (Å²) >= 11 is 1.29. The summed E-state index contributed by atoms with van der Waals surface area (Å²) in [6.07, 6.45) is 0.426. The zero-order valence-corrected chi connectivity index (χ0v) is 17.2. The lowest BCUT2D eigenvalue weighted by Gasteiger charge is -2.34. The van der Waals surface area contributed by atoms with Gasteiger partial charge in [-0.2, -0.15) is 0 Å². The highest BCUT2D eigenvalue weighted by Gasteiger charge is 2.36. The van der Waals surface area contributed by atoms with Gasteiger partial charge in [0.15, 0.2) is 0 Å². The highest BCUT2D eigenvalue weighted by atomic mass is 32.1. The summed E-state index contributed by atoms with van der Waals surface area (Å²) in [6.45, 7) is 0.568. The Morgan fingerprint density at radius 2 is 1.93 bits per heavy atom. The monoisotopic (exact) mass is 425 g/mol. The van der Waals surface area contributed by atoms with E-state index in [0.717, 1.165) is 16.7 Å². The van der Waals surface area contributed by atoms with Crippen molar-refractivity contribution in [1.82, 2.24) is 4.90 Å². The van der Waals surface area contributed by atoms with E-state index in [1.807, 2.05) is 29.6 Å². The summed E-state index contributed by atoms with van der Waals surface area (Å²) in [6, 6.07) is 14.8. The fourth-order valence-electron chi connectivity index (χ4n) is 3.51. The number of carbonyl (C=O) groups excluding carboxylic acids is 2. The first-order chi connectivity index (χ1) is 14.5. The van der Waals surface area contributed by atoms with Crippen LogP contribution in [-0.4, -0.2) is 29.9 Å². The number of hydrogen-bond donors (Lipinski definition) is 0. The summed E-state index contributed by atoms with van der Waals surface area (Å²) in [5.41, 5.74) is 2.88. The maximum absolute atomic E-state index is 13.3. The third kappa shape index (κ3) is 4.21. The Morgan fingerprint density at radius 1 is 1.13 bits per heavy atom. The Balaban J connectivity index is 1.51. The Labute approximate surface area is 177 Å². The van der Waals surface area contributed by atoms with Gasteiger partial charge in [-0.05, 0) is 34.7 Å². The Bertz CT molecular complexity index is 1080. The number of thiophene rings is 1. The first kappa shape index (κ1) is 20.1. The molecule has 4 rings (SSSR count). The number of fused-ring (bicyclic) bond motifs is 1. The van der Waals surface area contributed by atoms with Crippen molar-refractivity contribution in [2.75, 3.05) is 7.11 Å². The lowest BCUT2D eigenvalue weighted by Crippen LogP contribution is -2.49. The normalized spacial score (nSPS) is 15.4. The predicted molar refractivity (Wildman–Crippen MR) is 111 cm³/mol. The first-order valence-electron chi connectivity index (χ1n) is 9.46. The second-order valence-corrected chi connectivity index (χ2v) is 7.92. The van der Waals surface area contributed by atoms with Gasteiger partial charge < -0.3 is 14.4 Å². The summed E-state index contributed by atoms with van der Waals surface area (Å²) in [4.78, 5) is 27.6. The molecule has 0 bridgehead atoms. The standard InChI is InChI=1S/C23H20FNO4S/c1-28-23(27)20-10-16-5-2-3-6-17(16)12-25(20)22(26)21-9-15(14-30-21)13-29-19-8-4-7-18(24)11-19/h2-9,11,14,20H,10,12-13H2,1H3. The van der Waals surface area contributed by atoms with E-state index in [2.05, 4.69) is 0 Å². The third-order valence-corrected chi connectivity index (χ3v) is 6.02. The zero-order valence-electron chi connectivity index (χ0n) is 16.3. The fraction of sp³-hybridized carbons (Fsp3) is 0.217. The number of esters is 1. The van der Waals surface area contributed by atoms with Gasteiger partial charge in [-0.3, -0.25) is 4.79 Å². The number of methoxy groups -OCH3 is 1. The van der Waals surface area contributed by atoms with Gasteiger partial charge in [-0.1, -0.05) is 30.3 Å². The molecule has 2 aromatic carbocycles. The molecule has 5 nitrogen and oxygen atoms in total. The van der Waals surface area contributed by atoms with Gasteiger partial charge in [-0.15, -0.1) is 11.3 Å². The average molecular weight is 425 g/mol. The third-order valence-electron chi connectivity index (χ3n) is 5.05. The van der Waals surface area contributed by atoms with Crippen LogP contribution < -0.4 is 4.74 Å². The first-order valence-corrected chi connectivity index (χ1v) is 10.3. The second-order valence-electron chi connectivity index (χ2n) is 7.01. The topological polar surface area (TPSA) is 55.8 Å². The van der Waals surface area contributed by atoms with Crippen molar-refractivity contribution in [3.8, 4) is 5.75 Å². The van der Waals surface area contributed by atoms with E-state index in [1.54, 1.807) is 23.1 Å². The maximum Gasteiger partial charge on any atom is 0.328 e. The molecule has 0 saturated heterocycles. The van der Waals surface area contributed by atoms with Crippen LogP contribution in [0, 0.1) is 5.82 Å². The molecule has 1 unspecified atom stereocenters. The van der Waals surface area contributed by atoms with Crippen LogP contribution in [0.4, 0.5) is 4.39 Å². The largest absolute Gasteiger partial charge is 0.489 e. The molecule has 0 saturated carbocycles. The molecule has 1 aliphatic heterocycles. The van der Waals surface area contributed by atoms with Gasteiger partial charge in [0.25, 0.3) is 5.91 Å². The van der Waals surface area contributed by atoms with Gasteiger partial charge in [0.2, 0.25) is 0 Å². The molecule has 0 spiro atoms. The van der Waals surface area contributed by atoms with Crippen molar-refractivity contribution in [3.05, 3.63) is 87.4 Å². The highest BCUT2D eigenvalue weighted by molar-refractivity contribution is 7.12. The van der Waals surface area contributed by atoms with Crippen LogP contribution in [0.3, 0.4) is 0 Å². The fourth-order valence-corrected chi connectivity index (χ4v) is 4.36. The zero-order chi connectivity index (χ0) is 21.1. The van der Waals surface area contributed by atoms with Crippen molar-refractivity contribution in [1.29, 1.82) is 0 Å². The molecule has 1 aromatic heterocycles. The highest BCUT2D eigenvalue weighted by Crippen LogP contribution is 2.28. The van der Waals surface area contributed by atoms with Gasteiger partial charge in [0.1, 0.15) is 24.2 Å². The number of benzene rings is 2. The molecule has 3 aromatic rings. The number of hydrogen-bond acceptors (Lipinski definition) is 5. The molecular weight excluding hydrogens is 405 g/mol. The molecule has 7 heteroatoms. The van der Waals surface area contributed by atoms with Crippen LogP contribution in [0.1, 0.15) is 26.4 Å². The molecular formula is C23H20FNO4S. The molecule has 0 N–H and O–H groups in total. The van der Waals surface area contributed by atoms with E-state index in [9.17, 15) is 14.0 Å². The predicted octanol–water partition coefficient (Wildman–Crippen LogP) is 4.21. The van der Waals surface area contributed by atoms with Crippen LogP contribution in [0.15, 0.2) is 60.0 Å². The van der Waals surface area contributed by atoms with E-state index >= 15 is 0 Å². The van der Waals surface area contributed by atoms with Crippen LogP contribution in [0.5, 0.6) is 5.75 Å². The lowest BCUT2D eigenvalue weighted by atomic mass is 9.93. The van der Waals surface area contributed by atoms with Crippen LogP contribution in [-0.2, 0) is 29.1 Å². The number of nitrogens with zero attached hydrogens (tertiary/aromatic N) is 1. The van der Waals surface area contributed by atoms with Crippen LogP contribution in [0.2, 0.25) is 0 Å². The average Bonchev–Trinajstić information content (AvgIpc) is 3.25. The molecule has 0 fully saturated rings. The van der Waals surface area contributed by atoms with Crippen molar-refractivity contribution < 1.29 is 23.5 Å². The SMILES string of the molecule is COC(=O)C1Cc2ccccc2CN1C(=O)c1cc(COc2cccc(F)c2)cs1. The van der Waals surface area contributed by atoms with Crippen molar-refractivity contribution in [2.45, 2.75) is 25.6 Å². The number of halogens is 1. The molecule has 1 atom stereocenters. The molecule has 0 aliphatic carbocycles. The van der Waals surface area contributed by atoms with Gasteiger partial charge in [-0.25, -0.2) is 9.18 Å². The molecule has 0 radical (unpaired) electrons. The molecule has 1 aliphatic rings. The summed E-state index contributed by atoms with van der Waals surface area (Å²) in [5.74, 6) is -0.591. The van der Waals surface area contributed by atoms with Crippen LogP contribution >= 0.6 is 11.3 Å². The van der Waals surface area contributed by atoms with Crippen LogP contribution in [0.25, 0.3) is 0 Å². The minimum absolute atomic E-state index is 0.219. The number of carbonyl (C=O) groups is 2. The van der Waals surface area contributed by atoms with E-state index in [0.29, 0.717) is 23.6 Å². The second kappa shape index (κ2) is 8.67. The minimum atomic E-state index is -0.661. The van der Waals surface area contributed by atoms with Gasteiger partial charge >= 0.3 is 5.97 Å². The molecule has 2 heterocycles. The van der Waals surface area contributed by atoms with Crippen molar-refractivity contribution in [2.24, 2.45) is 0 Å². The van der Waals surface area contributed by atoms with Crippen molar-refractivity contribution in [3.63, 3.8) is 0 Å². The summed E-state index contributed by atoms with van der Waals surface area (Å²) in [7, 11) is 1.33. The Hall–Kier alpha value is -3.19. The van der Waals surface area contributed by atoms with E-state index < -0.39 is 12.0 Å². The number of amides is 1. The minimum Gasteiger partial charge on any atom is -0.489 e. The van der Waals surface area contributed by atoms with Gasteiger partial charge in [0.05, 0.1) is 12.0 Å². The van der Waals surface area contributed by atoms with E-state index in [4.69, 9.17) is 9.47 Å². The summed E-state index contributed by atoms with van der Waals surface area (Å²) in [5, 5.41) is 1.83. The lowest BCUT2D eigenvalue weighted by molar-refractivity contribution is -0.146. The van der Waals surface area contributed by atoms with E-state index in [1.165, 1.54) is 30.6 Å². The smallest absolute Gasteiger partial charge is 0.328 e. The number of rotatable bonds is 5. The summed E-state index contributed by atoms with van der Waals surface area (Å²) < 4.78 is 23.8.